The molecular weight excluding hydrogens is 454 g/mol. The second-order valence-electron chi connectivity index (χ2n) is 6.09. The highest BCUT2D eigenvalue weighted by Gasteiger charge is 2.15. The van der Waals surface area contributed by atoms with E-state index in [4.69, 9.17) is 9.26 Å². The normalized spacial score (nSPS) is 11.0. The van der Waals surface area contributed by atoms with Gasteiger partial charge in [-0.05, 0) is 43.3 Å². The van der Waals surface area contributed by atoms with E-state index in [0.29, 0.717) is 17.5 Å². The Bertz CT molecular complexity index is 1110. The summed E-state index contributed by atoms with van der Waals surface area (Å²) in [6, 6.07) is 15.6. The van der Waals surface area contributed by atoms with Gasteiger partial charge in [0.05, 0.1) is 12.9 Å². The van der Waals surface area contributed by atoms with Crippen molar-refractivity contribution in [2.75, 3.05) is 7.11 Å². The Morgan fingerprint density at radius 1 is 1.10 bits per heavy atom. The molecule has 0 fully saturated rings. The zero-order chi connectivity index (χ0) is 20.2. The monoisotopic (exact) mass is 471 g/mol. The SMILES string of the molecule is CCn1c(SCc2nc(-c3cccc(Br)c3)no2)nnc1-c1ccc(OC)cc1. The molecule has 0 amide bonds. The van der Waals surface area contributed by atoms with Crippen LogP contribution in [0.1, 0.15) is 12.8 Å². The lowest BCUT2D eigenvalue weighted by molar-refractivity contribution is 0.391. The number of methoxy groups -OCH3 is 1. The van der Waals surface area contributed by atoms with Crippen LogP contribution in [-0.2, 0) is 12.3 Å². The summed E-state index contributed by atoms with van der Waals surface area (Å²) < 4.78 is 13.7. The molecule has 2 aromatic heterocycles. The third kappa shape index (κ3) is 4.35. The van der Waals surface area contributed by atoms with E-state index in [2.05, 4.69) is 47.8 Å². The van der Waals surface area contributed by atoms with Crippen molar-refractivity contribution >= 4 is 27.7 Å². The molecule has 0 saturated carbocycles. The molecule has 0 N–H and O–H groups in total. The molecule has 0 aliphatic heterocycles. The van der Waals surface area contributed by atoms with E-state index >= 15 is 0 Å². The molecule has 2 heterocycles. The van der Waals surface area contributed by atoms with Gasteiger partial charge in [0.15, 0.2) is 11.0 Å². The van der Waals surface area contributed by atoms with Crippen LogP contribution in [0.4, 0.5) is 0 Å². The quantitative estimate of drug-likeness (QED) is 0.347. The van der Waals surface area contributed by atoms with Crippen LogP contribution in [0, 0.1) is 0 Å². The first-order valence-electron chi connectivity index (χ1n) is 8.97. The summed E-state index contributed by atoms with van der Waals surface area (Å²) in [4.78, 5) is 4.49. The zero-order valence-electron chi connectivity index (χ0n) is 15.9. The fraction of sp³-hybridized carbons (Fsp3) is 0.200. The summed E-state index contributed by atoms with van der Waals surface area (Å²) in [5.41, 5.74) is 1.89. The Hall–Kier alpha value is -2.65. The second kappa shape index (κ2) is 8.79. The molecule has 0 aliphatic rings. The smallest absolute Gasteiger partial charge is 0.237 e. The Morgan fingerprint density at radius 2 is 1.93 bits per heavy atom. The maximum absolute atomic E-state index is 5.40. The molecule has 0 radical (unpaired) electrons. The van der Waals surface area contributed by atoms with E-state index in [1.807, 2.05) is 48.5 Å². The number of hydrogen-bond acceptors (Lipinski definition) is 7. The van der Waals surface area contributed by atoms with Gasteiger partial charge in [0, 0.05) is 22.1 Å². The maximum Gasteiger partial charge on any atom is 0.237 e. The summed E-state index contributed by atoms with van der Waals surface area (Å²) in [5.74, 6) is 3.25. The molecule has 4 aromatic rings. The topological polar surface area (TPSA) is 78.9 Å². The number of nitrogens with zero attached hydrogens (tertiary/aromatic N) is 5. The van der Waals surface area contributed by atoms with Gasteiger partial charge in [-0.2, -0.15) is 4.98 Å². The molecule has 29 heavy (non-hydrogen) atoms. The summed E-state index contributed by atoms with van der Waals surface area (Å²) >= 11 is 4.98. The van der Waals surface area contributed by atoms with Gasteiger partial charge in [-0.25, -0.2) is 0 Å². The van der Waals surface area contributed by atoms with Gasteiger partial charge in [-0.15, -0.1) is 10.2 Å². The van der Waals surface area contributed by atoms with Crippen molar-refractivity contribution in [1.82, 2.24) is 24.9 Å². The Morgan fingerprint density at radius 3 is 2.66 bits per heavy atom. The molecule has 4 rings (SSSR count). The van der Waals surface area contributed by atoms with E-state index in [0.717, 1.165) is 38.9 Å². The van der Waals surface area contributed by atoms with Crippen LogP contribution in [-0.4, -0.2) is 32.0 Å². The van der Waals surface area contributed by atoms with Gasteiger partial charge in [-0.1, -0.05) is 45.0 Å². The van der Waals surface area contributed by atoms with Gasteiger partial charge in [0.1, 0.15) is 5.75 Å². The molecule has 0 aliphatic carbocycles. The molecular formula is C20H18BrN5O2S. The van der Waals surface area contributed by atoms with Crippen LogP contribution in [0.25, 0.3) is 22.8 Å². The first-order valence-corrected chi connectivity index (χ1v) is 10.7. The van der Waals surface area contributed by atoms with Crippen molar-refractivity contribution in [2.24, 2.45) is 0 Å². The van der Waals surface area contributed by atoms with Crippen molar-refractivity contribution in [1.29, 1.82) is 0 Å². The molecule has 0 bridgehead atoms. The molecule has 2 aromatic carbocycles. The van der Waals surface area contributed by atoms with Gasteiger partial charge < -0.3 is 13.8 Å². The van der Waals surface area contributed by atoms with Gasteiger partial charge in [0.2, 0.25) is 11.7 Å². The van der Waals surface area contributed by atoms with E-state index in [9.17, 15) is 0 Å². The van der Waals surface area contributed by atoms with Crippen molar-refractivity contribution in [3.05, 3.63) is 58.9 Å². The summed E-state index contributed by atoms with van der Waals surface area (Å²) in [6.07, 6.45) is 0. The van der Waals surface area contributed by atoms with Crippen LogP contribution >= 0.6 is 27.7 Å². The number of hydrogen-bond donors (Lipinski definition) is 0. The van der Waals surface area contributed by atoms with Gasteiger partial charge in [0.25, 0.3) is 0 Å². The van der Waals surface area contributed by atoms with E-state index in [1.54, 1.807) is 7.11 Å². The van der Waals surface area contributed by atoms with E-state index in [1.165, 1.54) is 11.8 Å². The predicted molar refractivity (Wildman–Crippen MR) is 115 cm³/mol. The molecule has 9 heteroatoms. The Balaban J connectivity index is 1.50. The van der Waals surface area contributed by atoms with Crippen LogP contribution in [0.5, 0.6) is 5.75 Å². The Kier molecular flexibility index (Phi) is 5.96. The number of thioether (sulfide) groups is 1. The van der Waals surface area contributed by atoms with Crippen LogP contribution in [0.3, 0.4) is 0 Å². The minimum atomic E-state index is 0.516. The first-order chi connectivity index (χ1) is 14.2. The lowest BCUT2D eigenvalue weighted by Gasteiger charge is -2.07. The fourth-order valence-corrected chi connectivity index (χ4v) is 4.06. The van der Waals surface area contributed by atoms with E-state index in [-0.39, 0.29) is 0 Å². The average molecular weight is 472 g/mol. The number of benzene rings is 2. The van der Waals surface area contributed by atoms with Gasteiger partial charge in [-0.3, -0.25) is 0 Å². The van der Waals surface area contributed by atoms with Crippen LogP contribution < -0.4 is 4.74 Å². The summed E-state index contributed by atoms with van der Waals surface area (Å²) in [7, 11) is 1.65. The third-order valence-corrected chi connectivity index (χ3v) is 5.70. The summed E-state index contributed by atoms with van der Waals surface area (Å²) in [6.45, 7) is 2.82. The molecule has 0 saturated heterocycles. The number of halogens is 1. The number of ether oxygens (including phenoxy) is 1. The zero-order valence-corrected chi connectivity index (χ0v) is 18.3. The standard InChI is InChI=1S/C20H18BrN5O2S/c1-3-26-19(13-7-9-16(27-2)10-8-13)23-24-20(26)29-12-17-22-18(25-28-17)14-5-4-6-15(21)11-14/h4-11H,3,12H2,1-2H3. The highest BCUT2D eigenvalue weighted by Crippen LogP contribution is 2.28. The highest BCUT2D eigenvalue weighted by atomic mass is 79.9. The van der Waals surface area contributed by atoms with Crippen molar-refractivity contribution in [3.63, 3.8) is 0 Å². The third-order valence-electron chi connectivity index (χ3n) is 4.26. The van der Waals surface area contributed by atoms with Crippen LogP contribution in [0.15, 0.2) is 62.7 Å². The number of rotatable bonds is 7. The van der Waals surface area contributed by atoms with Crippen molar-refractivity contribution in [3.8, 4) is 28.5 Å². The first kappa shape index (κ1) is 19.7. The fourth-order valence-electron chi connectivity index (χ4n) is 2.82. The Labute approximate surface area is 180 Å². The lowest BCUT2D eigenvalue weighted by atomic mass is 10.2. The van der Waals surface area contributed by atoms with Crippen LogP contribution in [0.2, 0.25) is 0 Å². The molecule has 0 spiro atoms. The summed E-state index contributed by atoms with van der Waals surface area (Å²) in [5, 5.41) is 13.6. The van der Waals surface area contributed by atoms with Crippen molar-refractivity contribution < 1.29 is 9.26 Å². The molecule has 0 atom stereocenters. The predicted octanol–water partition coefficient (Wildman–Crippen LogP) is 5.08. The lowest BCUT2D eigenvalue weighted by Crippen LogP contribution is -2.00. The minimum Gasteiger partial charge on any atom is -0.497 e. The van der Waals surface area contributed by atoms with Crippen molar-refractivity contribution in [2.45, 2.75) is 24.4 Å². The average Bonchev–Trinajstić information content (AvgIpc) is 3.39. The molecule has 148 valence electrons. The minimum absolute atomic E-state index is 0.516. The molecule has 7 nitrogen and oxygen atoms in total. The highest BCUT2D eigenvalue weighted by molar-refractivity contribution is 9.10. The largest absolute Gasteiger partial charge is 0.497 e. The van der Waals surface area contributed by atoms with Gasteiger partial charge >= 0.3 is 0 Å². The maximum atomic E-state index is 5.40. The van der Waals surface area contributed by atoms with E-state index < -0.39 is 0 Å². The number of aromatic nitrogens is 5. The second-order valence-corrected chi connectivity index (χ2v) is 7.95. The molecule has 0 unspecified atom stereocenters.